The molecular formula is C12H17BrN2. The van der Waals surface area contributed by atoms with Crippen LogP contribution in [0.15, 0.2) is 23.2 Å². The van der Waals surface area contributed by atoms with Crippen molar-refractivity contribution < 1.29 is 0 Å². The molecule has 0 aromatic heterocycles. The number of hydrogen-bond acceptors (Lipinski definition) is 2. The Hall–Kier alpha value is -0.960. The number of halogens is 1. The average molecular weight is 269 g/mol. The molecule has 3 heteroatoms. The molecule has 0 amide bonds. The van der Waals surface area contributed by atoms with E-state index in [4.69, 9.17) is 5.73 Å². The number of rotatable bonds is 4. The van der Waals surface area contributed by atoms with Gasteiger partial charge in [-0.1, -0.05) is 35.9 Å². The van der Waals surface area contributed by atoms with Gasteiger partial charge in [-0.05, 0) is 29.7 Å². The summed E-state index contributed by atoms with van der Waals surface area (Å²) in [6.45, 7) is 6.21. The summed E-state index contributed by atoms with van der Waals surface area (Å²) in [7, 11) is 1.86. The highest BCUT2D eigenvalue weighted by atomic mass is 79.9. The third kappa shape index (κ3) is 2.75. The van der Waals surface area contributed by atoms with Gasteiger partial charge in [0.25, 0.3) is 0 Å². The van der Waals surface area contributed by atoms with Crippen LogP contribution in [0.5, 0.6) is 0 Å². The average Bonchev–Trinajstić information content (AvgIpc) is 2.21. The van der Waals surface area contributed by atoms with Crippen LogP contribution in [0.4, 0.5) is 11.4 Å². The Morgan fingerprint density at radius 2 is 2.20 bits per heavy atom. The summed E-state index contributed by atoms with van der Waals surface area (Å²) < 4.78 is 1.04. The van der Waals surface area contributed by atoms with Crippen molar-refractivity contribution in [3.63, 3.8) is 0 Å². The van der Waals surface area contributed by atoms with Crippen LogP contribution >= 0.6 is 15.9 Å². The smallest absolute Gasteiger partial charge is 0.0583 e. The maximum absolute atomic E-state index is 5.91. The first-order valence-corrected chi connectivity index (χ1v) is 5.84. The van der Waals surface area contributed by atoms with Crippen molar-refractivity contribution in [3.05, 3.63) is 28.7 Å². The number of hydrogen-bond donors (Lipinski definition) is 2. The van der Waals surface area contributed by atoms with Crippen LogP contribution in [0.3, 0.4) is 0 Å². The lowest BCUT2D eigenvalue weighted by Crippen LogP contribution is -1.97. The second-order valence-corrected chi connectivity index (χ2v) is 4.38. The van der Waals surface area contributed by atoms with E-state index in [2.05, 4.69) is 34.7 Å². The summed E-state index contributed by atoms with van der Waals surface area (Å²) in [5, 5.41) is 3.05. The van der Waals surface area contributed by atoms with Crippen molar-refractivity contribution in [2.45, 2.75) is 19.8 Å². The third-order valence-corrected chi connectivity index (χ3v) is 3.00. The van der Waals surface area contributed by atoms with Crippen molar-refractivity contribution in [1.82, 2.24) is 0 Å². The highest BCUT2D eigenvalue weighted by Crippen LogP contribution is 2.32. The highest BCUT2D eigenvalue weighted by molar-refractivity contribution is 9.10. The zero-order chi connectivity index (χ0) is 11.4. The van der Waals surface area contributed by atoms with Crippen molar-refractivity contribution in [2.24, 2.45) is 0 Å². The van der Waals surface area contributed by atoms with E-state index in [0.29, 0.717) is 0 Å². The van der Waals surface area contributed by atoms with Gasteiger partial charge in [0.1, 0.15) is 0 Å². The van der Waals surface area contributed by atoms with Crippen molar-refractivity contribution >= 4 is 32.9 Å². The Morgan fingerprint density at radius 3 is 2.73 bits per heavy atom. The molecule has 0 heterocycles. The molecule has 0 spiro atoms. The van der Waals surface area contributed by atoms with Gasteiger partial charge in [-0.3, -0.25) is 0 Å². The maximum atomic E-state index is 5.91. The number of nitrogen functional groups attached to an aromatic ring is 1. The van der Waals surface area contributed by atoms with E-state index in [1.807, 2.05) is 19.2 Å². The van der Waals surface area contributed by atoms with E-state index >= 15 is 0 Å². The fraction of sp³-hybridized carbons (Fsp3) is 0.333. The molecule has 0 aliphatic carbocycles. The van der Waals surface area contributed by atoms with Crippen LogP contribution in [-0.4, -0.2) is 7.05 Å². The van der Waals surface area contributed by atoms with Gasteiger partial charge < -0.3 is 11.1 Å². The van der Waals surface area contributed by atoms with Crippen LogP contribution in [0, 0.1) is 0 Å². The molecule has 82 valence electrons. The van der Waals surface area contributed by atoms with Crippen LogP contribution < -0.4 is 11.1 Å². The molecule has 3 N–H and O–H groups in total. The Morgan fingerprint density at radius 1 is 1.53 bits per heavy atom. The Balaban J connectivity index is 3.10. The molecule has 0 fully saturated rings. The van der Waals surface area contributed by atoms with Crippen LogP contribution in [0.25, 0.3) is 5.57 Å². The summed E-state index contributed by atoms with van der Waals surface area (Å²) >= 11 is 3.54. The Bertz CT molecular complexity index is 372. The zero-order valence-corrected chi connectivity index (χ0v) is 10.8. The standard InChI is InChI=1S/C12H17BrN2/c1-4-5-8(2)9-6-11(14)12(15-3)7-10(9)13/h6-7,15H,2,4-5,14H2,1,3H3. The van der Waals surface area contributed by atoms with Crippen LogP contribution in [0.1, 0.15) is 25.3 Å². The molecule has 0 bridgehead atoms. The maximum Gasteiger partial charge on any atom is 0.0583 e. The zero-order valence-electron chi connectivity index (χ0n) is 9.23. The summed E-state index contributed by atoms with van der Waals surface area (Å²) in [5.74, 6) is 0. The lowest BCUT2D eigenvalue weighted by molar-refractivity contribution is 0.974. The van der Waals surface area contributed by atoms with Gasteiger partial charge in [0.2, 0.25) is 0 Å². The summed E-state index contributed by atoms with van der Waals surface area (Å²) in [6.07, 6.45) is 2.09. The number of anilines is 2. The monoisotopic (exact) mass is 268 g/mol. The van der Waals surface area contributed by atoms with Gasteiger partial charge in [0.05, 0.1) is 11.4 Å². The molecular weight excluding hydrogens is 252 g/mol. The first-order valence-electron chi connectivity index (χ1n) is 5.05. The molecule has 15 heavy (non-hydrogen) atoms. The molecule has 0 unspecified atom stereocenters. The normalized spacial score (nSPS) is 10.1. The van der Waals surface area contributed by atoms with E-state index in [0.717, 1.165) is 39.8 Å². The molecule has 0 saturated carbocycles. The van der Waals surface area contributed by atoms with Crippen molar-refractivity contribution in [2.75, 3.05) is 18.1 Å². The lowest BCUT2D eigenvalue weighted by atomic mass is 10.0. The third-order valence-electron chi connectivity index (χ3n) is 2.34. The second kappa shape index (κ2) is 5.21. The van der Waals surface area contributed by atoms with Gasteiger partial charge in [-0.25, -0.2) is 0 Å². The van der Waals surface area contributed by atoms with Gasteiger partial charge in [0.15, 0.2) is 0 Å². The summed E-state index contributed by atoms with van der Waals surface area (Å²) in [5.41, 5.74) is 9.84. The highest BCUT2D eigenvalue weighted by Gasteiger charge is 2.07. The molecule has 1 rings (SSSR count). The van der Waals surface area contributed by atoms with E-state index in [1.165, 1.54) is 0 Å². The Labute approximate surface area is 99.7 Å². The molecule has 0 aliphatic rings. The van der Waals surface area contributed by atoms with E-state index in [9.17, 15) is 0 Å². The summed E-state index contributed by atoms with van der Waals surface area (Å²) in [4.78, 5) is 0. The predicted octanol–water partition coefficient (Wildman–Crippen LogP) is 3.89. The largest absolute Gasteiger partial charge is 0.397 e. The van der Waals surface area contributed by atoms with Gasteiger partial charge in [-0.15, -0.1) is 0 Å². The minimum Gasteiger partial charge on any atom is -0.397 e. The fourth-order valence-corrected chi connectivity index (χ4v) is 2.14. The second-order valence-electron chi connectivity index (χ2n) is 3.52. The van der Waals surface area contributed by atoms with Crippen molar-refractivity contribution in [3.8, 4) is 0 Å². The molecule has 2 nitrogen and oxygen atoms in total. The quantitative estimate of drug-likeness (QED) is 0.814. The predicted molar refractivity (Wildman–Crippen MR) is 72.0 cm³/mol. The van der Waals surface area contributed by atoms with Gasteiger partial charge in [-0.2, -0.15) is 0 Å². The van der Waals surface area contributed by atoms with Crippen LogP contribution in [0.2, 0.25) is 0 Å². The molecule has 0 saturated heterocycles. The van der Waals surface area contributed by atoms with Crippen molar-refractivity contribution in [1.29, 1.82) is 0 Å². The minimum absolute atomic E-state index is 0.757. The number of benzene rings is 1. The summed E-state index contributed by atoms with van der Waals surface area (Å²) in [6, 6.07) is 3.96. The molecule has 0 aliphatic heterocycles. The lowest BCUT2D eigenvalue weighted by Gasteiger charge is -2.12. The number of nitrogens with two attached hydrogens (primary N) is 1. The first-order chi connectivity index (χ1) is 7.10. The molecule has 1 aromatic rings. The number of nitrogens with one attached hydrogen (secondary N) is 1. The van der Waals surface area contributed by atoms with Crippen LogP contribution in [-0.2, 0) is 0 Å². The van der Waals surface area contributed by atoms with E-state index in [1.54, 1.807) is 0 Å². The molecule has 0 radical (unpaired) electrons. The molecule has 0 atom stereocenters. The Kier molecular flexibility index (Phi) is 4.21. The van der Waals surface area contributed by atoms with Gasteiger partial charge in [0, 0.05) is 11.5 Å². The van der Waals surface area contributed by atoms with Gasteiger partial charge >= 0.3 is 0 Å². The fourth-order valence-electron chi connectivity index (χ4n) is 1.51. The minimum atomic E-state index is 0.757. The number of allylic oxidation sites excluding steroid dienone is 1. The SMILES string of the molecule is C=C(CCC)c1cc(N)c(NC)cc1Br. The topological polar surface area (TPSA) is 38.0 Å². The first kappa shape index (κ1) is 12.1. The molecule has 1 aromatic carbocycles. The van der Waals surface area contributed by atoms with E-state index < -0.39 is 0 Å². The van der Waals surface area contributed by atoms with E-state index in [-0.39, 0.29) is 0 Å².